The van der Waals surface area contributed by atoms with E-state index in [1.165, 1.54) is 0 Å². The molecular weight excluding hydrogens is 228 g/mol. The first-order valence-electron chi connectivity index (χ1n) is 5.66. The number of thioether (sulfide) groups is 1. The number of hydrogen-bond acceptors (Lipinski definition) is 5. The van der Waals surface area contributed by atoms with E-state index < -0.39 is 18.2 Å². The number of hydrogen-bond donors (Lipinski definition) is 3. The Morgan fingerprint density at radius 1 is 1.38 bits per heavy atom. The van der Waals surface area contributed by atoms with Crippen LogP contribution < -0.4 is 5.73 Å². The second-order valence-electron chi connectivity index (χ2n) is 4.42. The van der Waals surface area contributed by atoms with Crippen LogP contribution in [-0.4, -0.2) is 50.5 Å². The van der Waals surface area contributed by atoms with Gasteiger partial charge < -0.3 is 15.9 Å². The van der Waals surface area contributed by atoms with Crippen molar-refractivity contribution in [3.63, 3.8) is 0 Å². The highest BCUT2D eigenvalue weighted by atomic mass is 32.2. The molecule has 2 aliphatic rings. The Bertz CT molecular complexity index is 275. The average Bonchev–Trinajstić information content (AvgIpc) is 2.40. The lowest BCUT2D eigenvalue weighted by Crippen LogP contribution is -2.58. The molecule has 0 aromatic heterocycles. The Kier molecular flexibility index (Phi) is 3.73. The van der Waals surface area contributed by atoms with Crippen LogP contribution in [0.5, 0.6) is 0 Å². The largest absolute Gasteiger partial charge is 0.480 e. The summed E-state index contributed by atoms with van der Waals surface area (Å²) in [5, 5.41) is 19.4. The van der Waals surface area contributed by atoms with Crippen molar-refractivity contribution >= 4 is 17.7 Å². The minimum atomic E-state index is -0.849. The van der Waals surface area contributed by atoms with E-state index in [1.807, 2.05) is 0 Å². The van der Waals surface area contributed by atoms with Crippen LogP contribution in [-0.2, 0) is 4.79 Å². The molecule has 2 aliphatic heterocycles. The minimum absolute atomic E-state index is 0.110. The van der Waals surface area contributed by atoms with E-state index in [0.29, 0.717) is 6.42 Å². The van der Waals surface area contributed by atoms with Gasteiger partial charge in [0, 0.05) is 6.04 Å². The van der Waals surface area contributed by atoms with Crippen LogP contribution in [0.4, 0.5) is 0 Å². The molecule has 0 aromatic carbocycles. The van der Waals surface area contributed by atoms with E-state index in [1.54, 1.807) is 16.7 Å². The van der Waals surface area contributed by atoms with E-state index in [4.69, 9.17) is 5.73 Å². The molecular formula is C10H18N2O3S. The Labute approximate surface area is 99.0 Å². The Hall–Kier alpha value is -0.300. The van der Waals surface area contributed by atoms with E-state index in [9.17, 15) is 15.0 Å². The highest BCUT2D eigenvalue weighted by molar-refractivity contribution is 7.99. The van der Waals surface area contributed by atoms with Gasteiger partial charge in [-0.3, -0.25) is 9.69 Å². The molecule has 4 N–H and O–H groups in total. The third-order valence-electron chi connectivity index (χ3n) is 3.36. The van der Waals surface area contributed by atoms with E-state index >= 15 is 0 Å². The number of fused-ring (bicyclic) bond motifs is 1. The zero-order valence-corrected chi connectivity index (χ0v) is 9.90. The number of nitrogens with zero attached hydrogens (tertiary/aromatic N) is 1. The molecule has 0 radical (unpaired) electrons. The average molecular weight is 246 g/mol. The number of aliphatic carboxylic acids is 1. The van der Waals surface area contributed by atoms with Crippen LogP contribution in [0.2, 0.25) is 0 Å². The second kappa shape index (κ2) is 4.91. The summed E-state index contributed by atoms with van der Waals surface area (Å²) in [7, 11) is 0. The normalized spacial score (nSPS) is 41.1. The Morgan fingerprint density at radius 2 is 2.12 bits per heavy atom. The molecule has 0 spiro atoms. The third-order valence-corrected chi connectivity index (χ3v) is 4.69. The predicted octanol–water partition coefficient (Wildman–Crippen LogP) is 0.0342. The van der Waals surface area contributed by atoms with Crippen LogP contribution >= 0.6 is 11.8 Å². The number of aliphatic hydroxyl groups is 1. The molecule has 16 heavy (non-hydrogen) atoms. The molecule has 4 atom stereocenters. The monoisotopic (exact) mass is 246 g/mol. The van der Waals surface area contributed by atoms with Gasteiger partial charge in [-0.25, -0.2) is 0 Å². The van der Waals surface area contributed by atoms with Crippen molar-refractivity contribution in [2.45, 2.75) is 49.4 Å². The lowest BCUT2D eigenvalue weighted by atomic mass is 10.00. The molecule has 0 aromatic rings. The Morgan fingerprint density at radius 3 is 2.81 bits per heavy atom. The molecule has 5 nitrogen and oxygen atoms in total. The molecule has 0 amide bonds. The molecule has 92 valence electrons. The summed E-state index contributed by atoms with van der Waals surface area (Å²) < 4.78 is 0. The van der Waals surface area contributed by atoms with Crippen LogP contribution in [0.1, 0.15) is 25.7 Å². The first-order chi connectivity index (χ1) is 7.61. The summed E-state index contributed by atoms with van der Waals surface area (Å²) in [6, 6.07) is -0.914. The number of aliphatic hydroxyl groups excluding tert-OH is 1. The first-order valence-corrected chi connectivity index (χ1v) is 6.71. The van der Waals surface area contributed by atoms with Gasteiger partial charge in [0.05, 0.1) is 5.37 Å². The summed E-state index contributed by atoms with van der Waals surface area (Å²) in [5.41, 5.74) is 5.85. The highest BCUT2D eigenvalue weighted by Crippen LogP contribution is 2.35. The van der Waals surface area contributed by atoms with Crippen molar-refractivity contribution in [3.8, 4) is 0 Å². The smallest absolute Gasteiger partial charge is 0.321 e. The summed E-state index contributed by atoms with van der Waals surface area (Å²) in [4.78, 5) is 12.9. The standard InChI is InChI=1S/C10H18N2O3S/c11-6-4-5-16-8-3-1-2-7(10(14)15)12(8)9(6)13/h6-9,13H,1-5,11H2,(H,14,15)/t6-,7-,8?,9?/m0/s1. The van der Waals surface area contributed by atoms with Gasteiger partial charge in [-0.05, 0) is 31.4 Å². The molecule has 2 heterocycles. The molecule has 2 rings (SSSR count). The predicted molar refractivity (Wildman–Crippen MR) is 62.0 cm³/mol. The lowest BCUT2D eigenvalue weighted by Gasteiger charge is -2.42. The van der Waals surface area contributed by atoms with Gasteiger partial charge in [0.2, 0.25) is 0 Å². The van der Waals surface area contributed by atoms with Gasteiger partial charge in [0.25, 0.3) is 0 Å². The van der Waals surface area contributed by atoms with Crippen molar-refractivity contribution in [1.82, 2.24) is 4.90 Å². The number of rotatable bonds is 1. The summed E-state index contributed by atoms with van der Waals surface area (Å²) in [6.07, 6.45) is 2.38. The number of piperidine rings is 1. The van der Waals surface area contributed by atoms with E-state index in [0.717, 1.165) is 25.0 Å². The van der Waals surface area contributed by atoms with Gasteiger partial charge in [0.15, 0.2) is 0 Å². The van der Waals surface area contributed by atoms with Gasteiger partial charge in [0.1, 0.15) is 12.3 Å². The maximum absolute atomic E-state index is 11.2. The van der Waals surface area contributed by atoms with Crippen molar-refractivity contribution in [3.05, 3.63) is 0 Å². The molecule has 0 aliphatic carbocycles. The van der Waals surface area contributed by atoms with Crippen LogP contribution in [0.25, 0.3) is 0 Å². The van der Waals surface area contributed by atoms with Crippen molar-refractivity contribution in [1.29, 1.82) is 0 Å². The fourth-order valence-corrected chi connectivity index (χ4v) is 3.93. The quantitative estimate of drug-likeness (QED) is 0.605. The molecule has 2 fully saturated rings. The molecule has 6 heteroatoms. The topological polar surface area (TPSA) is 86.8 Å². The van der Waals surface area contributed by atoms with Gasteiger partial charge in [-0.2, -0.15) is 0 Å². The number of nitrogens with two attached hydrogens (primary N) is 1. The Balaban J connectivity index is 2.21. The fraction of sp³-hybridized carbons (Fsp3) is 0.900. The third kappa shape index (κ3) is 2.20. The second-order valence-corrected chi connectivity index (χ2v) is 5.71. The molecule has 2 saturated heterocycles. The summed E-state index contributed by atoms with van der Waals surface area (Å²) in [6.45, 7) is 0. The van der Waals surface area contributed by atoms with Gasteiger partial charge in [-0.1, -0.05) is 0 Å². The van der Waals surface area contributed by atoms with Crippen LogP contribution in [0, 0.1) is 0 Å². The van der Waals surface area contributed by atoms with Gasteiger partial charge in [-0.15, -0.1) is 11.8 Å². The highest BCUT2D eigenvalue weighted by Gasteiger charge is 2.42. The van der Waals surface area contributed by atoms with Gasteiger partial charge >= 0.3 is 5.97 Å². The first kappa shape index (κ1) is 12.2. The van der Waals surface area contributed by atoms with E-state index in [2.05, 4.69) is 0 Å². The zero-order valence-electron chi connectivity index (χ0n) is 9.08. The fourth-order valence-electron chi connectivity index (χ4n) is 2.47. The summed E-state index contributed by atoms with van der Waals surface area (Å²) >= 11 is 1.72. The van der Waals surface area contributed by atoms with Crippen LogP contribution in [0.15, 0.2) is 0 Å². The maximum Gasteiger partial charge on any atom is 0.321 e. The van der Waals surface area contributed by atoms with Crippen LogP contribution in [0.3, 0.4) is 0 Å². The SMILES string of the molecule is N[C@H]1CCSC2CCC[C@@H](C(=O)O)N2C1O. The van der Waals surface area contributed by atoms with Crippen molar-refractivity contribution in [2.24, 2.45) is 5.73 Å². The number of carbonyl (C=O) groups is 1. The molecule has 2 unspecified atom stereocenters. The minimum Gasteiger partial charge on any atom is -0.480 e. The summed E-state index contributed by atoms with van der Waals surface area (Å²) in [5.74, 6) is 0.0459. The van der Waals surface area contributed by atoms with Crippen molar-refractivity contribution < 1.29 is 15.0 Å². The number of carboxylic acid groups (broad SMARTS) is 1. The molecule has 0 saturated carbocycles. The maximum atomic E-state index is 11.2. The zero-order chi connectivity index (χ0) is 11.7. The number of carboxylic acids is 1. The molecule has 0 bridgehead atoms. The van der Waals surface area contributed by atoms with E-state index in [-0.39, 0.29) is 11.4 Å². The lowest BCUT2D eigenvalue weighted by molar-refractivity contribution is -0.153. The van der Waals surface area contributed by atoms with Crippen molar-refractivity contribution in [2.75, 3.05) is 5.75 Å².